The van der Waals surface area contributed by atoms with Crippen LogP contribution in [0.2, 0.25) is 0 Å². The van der Waals surface area contributed by atoms with E-state index in [4.69, 9.17) is 9.47 Å². The van der Waals surface area contributed by atoms with Crippen LogP contribution in [0.15, 0.2) is 36.4 Å². The molecular weight excluding hydrogens is 350 g/mol. The first-order valence-electron chi connectivity index (χ1n) is 6.86. The fourth-order valence-corrected chi connectivity index (χ4v) is 2.33. The molecule has 1 aliphatic heterocycles. The van der Waals surface area contributed by atoms with E-state index in [2.05, 4.69) is 5.32 Å². The van der Waals surface area contributed by atoms with Crippen molar-refractivity contribution >= 4 is 18.1 Å². The van der Waals surface area contributed by atoms with Crippen molar-refractivity contribution in [1.29, 1.82) is 0 Å². The van der Waals surface area contributed by atoms with Crippen molar-refractivity contribution in [3.05, 3.63) is 53.3 Å². The summed E-state index contributed by atoms with van der Waals surface area (Å²) in [5.41, 5.74) is 0.279. The van der Waals surface area contributed by atoms with Gasteiger partial charge in [0.2, 0.25) is 0 Å². The van der Waals surface area contributed by atoms with Gasteiger partial charge in [-0.25, -0.2) is 4.39 Å². The van der Waals surface area contributed by atoms with Crippen LogP contribution < -0.4 is 14.8 Å². The average Bonchev–Trinajstić information content (AvgIpc) is 2.53. The smallest absolute Gasteiger partial charge is 0.416 e. The SMILES string of the molecule is CNc1cc(F)c2c(c1)OCC(c1ccc(C(F)(F)F)cc1)O2.Cl. The van der Waals surface area contributed by atoms with E-state index in [0.717, 1.165) is 12.1 Å². The summed E-state index contributed by atoms with van der Waals surface area (Å²) in [6.45, 7) is 0.0883. The Balaban J connectivity index is 0.00000208. The number of alkyl halides is 3. The van der Waals surface area contributed by atoms with Crippen molar-refractivity contribution in [3.63, 3.8) is 0 Å². The Bertz CT molecular complexity index is 719. The largest absolute Gasteiger partial charge is 0.485 e. The molecule has 0 bridgehead atoms. The number of halogens is 5. The Morgan fingerprint density at radius 3 is 2.38 bits per heavy atom. The van der Waals surface area contributed by atoms with Gasteiger partial charge in [0, 0.05) is 24.9 Å². The highest BCUT2D eigenvalue weighted by Gasteiger charge is 2.31. The molecule has 24 heavy (non-hydrogen) atoms. The topological polar surface area (TPSA) is 30.5 Å². The van der Waals surface area contributed by atoms with Gasteiger partial charge in [0.1, 0.15) is 6.61 Å². The number of anilines is 1. The number of nitrogens with one attached hydrogen (secondary N) is 1. The van der Waals surface area contributed by atoms with Gasteiger partial charge in [0.05, 0.1) is 5.56 Å². The minimum absolute atomic E-state index is 0. The molecule has 0 spiro atoms. The normalized spacial score (nSPS) is 16.3. The third-order valence-corrected chi connectivity index (χ3v) is 3.56. The summed E-state index contributed by atoms with van der Waals surface area (Å²) >= 11 is 0. The van der Waals surface area contributed by atoms with E-state index in [1.807, 2.05) is 0 Å². The predicted octanol–water partition coefficient (Wildman–Crippen LogP) is 4.82. The maximum Gasteiger partial charge on any atom is 0.416 e. The third-order valence-electron chi connectivity index (χ3n) is 3.56. The second kappa shape index (κ2) is 6.76. The summed E-state index contributed by atoms with van der Waals surface area (Å²) in [6.07, 6.45) is -5.07. The predicted molar refractivity (Wildman–Crippen MR) is 83.5 cm³/mol. The molecule has 3 nitrogen and oxygen atoms in total. The molecule has 1 heterocycles. The standard InChI is InChI=1S/C16H13F4NO2.ClH/c1-21-11-6-12(17)15-13(7-11)22-8-14(23-15)9-2-4-10(5-3-9)16(18,19)20;/h2-7,14,21H,8H2,1H3;1H. The fourth-order valence-electron chi connectivity index (χ4n) is 2.33. The van der Waals surface area contributed by atoms with Crippen LogP contribution in [0.1, 0.15) is 17.2 Å². The monoisotopic (exact) mass is 363 g/mol. The van der Waals surface area contributed by atoms with Crippen LogP contribution >= 0.6 is 12.4 Å². The quantitative estimate of drug-likeness (QED) is 0.776. The molecule has 0 fully saturated rings. The molecule has 0 radical (unpaired) electrons. The number of benzene rings is 2. The van der Waals surface area contributed by atoms with Gasteiger partial charge in [-0.3, -0.25) is 0 Å². The Morgan fingerprint density at radius 2 is 1.79 bits per heavy atom. The second-order valence-electron chi connectivity index (χ2n) is 5.07. The van der Waals surface area contributed by atoms with Crippen LogP contribution in [0.25, 0.3) is 0 Å². The van der Waals surface area contributed by atoms with Crippen LogP contribution in [-0.2, 0) is 6.18 Å². The molecule has 1 atom stereocenters. The number of ether oxygens (including phenoxy) is 2. The summed E-state index contributed by atoms with van der Waals surface area (Å²) in [7, 11) is 1.65. The lowest BCUT2D eigenvalue weighted by Crippen LogP contribution is -2.22. The summed E-state index contributed by atoms with van der Waals surface area (Å²) in [6, 6.07) is 7.41. The molecule has 0 aromatic heterocycles. The van der Waals surface area contributed by atoms with Crippen molar-refractivity contribution < 1.29 is 27.0 Å². The number of rotatable bonds is 2. The average molecular weight is 364 g/mol. The number of fused-ring (bicyclic) bond motifs is 1. The zero-order chi connectivity index (χ0) is 16.6. The maximum absolute atomic E-state index is 14.0. The highest BCUT2D eigenvalue weighted by Crippen LogP contribution is 2.40. The third kappa shape index (κ3) is 3.51. The molecule has 1 N–H and O–H groups in total. The first-order chi connectivity index (χ1) is 10.9. The lowest BCUT2D eigenvalue weighted by atomic mass is 10.1. The zero-order valence-corrected chi connectivity index (χ0v) is 13.3. The molecule has 1 unspecified atom stereocenters. The van der Waals surface area contributed by atoms with Crippen LogP contribution in [-0.4, -0.2) is 13.7 Å². The molecule has 0 aliphatic carbocycles. The van der Waals surface area contributed by atoms with Crippen molar-refractivity contribution in [2.24, 2.45) is 0 Å². The molecule has 2 aromatic carbocycles. The van der Waals surface area contributed by atoms with E-state index in [1.165, 1.54) is 18.2 Å². The molecule has 0 saturated heterocycles. The van der Waals surface area contributed by atoms with Gasteiger partial charge >= 0.3 is 6.18 Å². The molecule has 2 aromatic rings. The van der Waals surface area contributed by atoms with Crippen molar-refractivity contribution in [2.75, 3.05) is 19.0 Å². The Labute approximate surface area is 142 Å². The van der Waals surface area contributed by atoms with Crippen LogP contribution in [0, 0.1) is 5.82 Å². The van der Waals surface area contributed by atoms with E-state index >= 15 is 0 Å². The lowest BCUT2D eigenvalue weighted by Gasteiger charge is -2.27. The van der Waals surface area contributed by atoms with Crippen molar-refractivity contribution in [3.8, 4) is 11.5 Å². The highest BCUT2D eigenvalue weighted by atomic mass is 35.5. The zero-order valence-electron chi connectivity index (χ0n) is 12.5. The second-order valence-corrected chi connectivity index (χ2v) is 5.07. The van der Waals surface area contributed by atoms with Gasteiger partial charge in [-0.15, -0.1) is 12.4 Å². The summed E-state index contributed by atoms with van der Waals surface area (Å²) in [4.78, 5) is 0. The fraction of sp³-hybridized carbons (Fsp3) is 0.250. The first-order valence-corrected chi connectivity index (χ1v) is 6.86. The van der Waals surface area contributed by atoms with Crippen LogP contribution in [0.4, 0.5) is 23.2 Å². The number of hydrogen-bond acceptors (Lipinski definition) is 3. The molecule has 0 amide bonds. The van der Waals surface area contributed by atoms with Gasteiger partial charge in [0.25, 0.3) is 0 Å². The van der Waals surface area contributed by atoms with E-state index in [1.54, 1.807) is 13.1 Å². The first kappa shape index (κ1) is 18.2. The lowest BCUT2D eigenvalue weighted by molar-refractivity contribution is -0.137. The molecule has 1 aliphatic rings. The van der Waals surface area contributed by atoms with Gasteiger partial charge < -0.3 is 14.8 Å². The van der Waals surface area contributed by atoms with Crippen molar-refractivity contribution in [2.45, 2.75) is 12.3 Å². The van der Waals surface area contributed by atoms with Crippen molar-refractivity contribution in [1.82, 2.24) is 0 Å². The van der Waals surface area contributed by atoms with E-state index in [9.17, 15) is 17.6 Å². The summed E-state index contributed by atoms with van der Waals surface area (Å²) in [5, 5.41) is 2.80. The van der Waals surface area contributed by atoms with Crippen LogP contribution in [0.3, 0.4) is 0 Å². The molecule has 3 rings (SSSR count). The summed E-state index contributed by atoms with van der Waals surface area (Å²) in [5.74, 6) is -0.374. The van der Waals surface area contributed by atoms with Gasteiger partial charge in [-0.2, -0.15) is 13.2 Å². The van der Waals surface area contributed by atoms with Gasteiger partial charge in [0.15, 0.2) is 23.4 Å². The molecular formula is C16H14ClF4NO2. The van der Waals surface area contributed by atoms with Crippen LogP contribution in [0.5, 0.6) is 11.5 Å². The van der Waals surface area contributed by atoms with E-state index in [-0.39, 0.29) is 30.5 Å². The Hall–Kier alpha value is -2.15. The summed E-state index contributed by atoms with van der Waals surface area (Å²) < 4.78 is 62.8. The van der Waals surface area contributed by atoms with Gasteiger partial charge in [-0.05, 0) is 17.7 Å². The maximum atomic E-state index is 14.0. The minimum Gasteiger partial charge on any atom is -0.485 e. The minimum atomic E-state index is -4.40. The molecule has 0 saturated carbocycles. The molecule has 130 valence electrons. The Kier molecular flexibility index (Phi) is 5.13. The number of hydrogen-bond donors (Lipinski definition) is 1. The van der Waals surface area contributed by atoms with Gasteiger partial charge in [-0.1, -0.05) is 12.1 Å². The highest BCUT2D eigenvalue weighted by molar-refractivity contribution is 5.85. The van der Waals surface area contributed by atoms with E-state index < -0.39 is 23.7 Å². The molecule has 8 heteroatoms. The van der Waals surface area contributed by atoms with E-state index in [0.29, 0.717) is 11.3 Å². The Morgan fingerprint density at radius 1 is 1.12 bits per heavy atom.